The average Bonchev–Trinajstić information content (AvgIpc) is 2.82. The van der Waals surface area contributed by atoms with Gasteiger partial charge < -0.3 is 9.84 Å². The average molecular weight is 248 g/mol. The highest BCUT2D eigenvalue weighted by Gasteiger charge is 2.35. The van der Waals surface area contributed by atoms with Crippen LogP contribution in [-0.4, -0.2) is 23.9 Å². The third kappa shape index (κ3) is 2.76. The summed E-state index contributed by atoms with van der Waals surface area (Å²) in [6.07, 6.45) is 4.81. The normalized spacial score (nSPS) is 27.1. The van der Waals surface area contributed by atoms with E-state index in [9.17, 15) is 5.11 Å². The number of aliphatic hydroxyl groups is 1. The molecule has 0 radical (unpaired) electrons. The molecule has 1 aromatic rings. The second-order valence-electron chi connectivity index (χ2n) is 5.51. The first-order chi connectivity index (χ1) is 8.70. The molecular formula is C16H24O2. The van der Waals surface area contributed by atoms with E-state index in [2.05, 4.69) is 26.0 Å². The van der Waals surface area contributed by atoms with Gasteiger partial charge in [-0.15, -0.1) is 0 Å². The molecule has 0 amide bonds. The van der Waals surface area contributed by atoms with Crippen LogP contribution in [0.4, 0.5) is 0 Å². The van der Waals surface area contributed by atoms with Gasteiger partial charge in [-0.3, -0.25) is 0 Å². The molecule has 100 valence electrons. The lowest BCUT2D eigenvalue weighted by Crippen LogP contribution is -2.34. The summed E-state index contributed by atoms with van der Waals surface area (Å²) in [5.41, 5.74) is 1.09. The van der Waals surface area contributed by atoms with Crippen LogP contribution >= 0.6 is 0 Å². The molecule has 3 atom stereocenters. The molecule has 1 heterocycles. The van der Waals surface area contributed by atoms with Crippen molar-refractivity contribution in [1.29, 1.82) is 0 Å². The van der Waals surface area contributed by atoms with Crippen LogP contribution < -0.4 is 0 Å². The van der Waals surface area contributed by atoms with Gasteiger partial charge in [0.15, 0.2) is 0 Å². The van der Waals surface area contributed by atoms with E-state index in [1.165, 1.54) is 5.56 Å². The Morgan fingerprint density at radius 2 is 2.00 bits per heavy atom. The molecule has 1 aliphatic rings. The van der Waals surface area contributed by atoms with Gasteiger partial charge in [0.1, 0.15) is 0 Å². The third-order valence-electron chi connectivity index (χ3n) is 4.30. The molecule has 0 bridgehead atoms. The molecule has 0 aliphatic carbocycles. The number of ether oxygens (including phenoxy) is 1. The SMILES string of the molecule is CCC(CO)(CC1CCC(C)O1)c1ccccc1. The monoisotopic (exact) mass is 248 g/mol. The minimum atomic E-state index is -0.143. The largest absolute Gasteiger partial charge is 0.395 e. The summed E-state index contributed by atoms with van der Waals surface area (Å²) in [7, 11) is 0. The topological polar surface area (TPSA) is 29.5 Å². The first kappa shape index (κ1) is 13.6. The summed E-state index contributed by atoms with van der Waals surface area (Å²) in [5, 5.41) is 9.90. The van der Waals surface area contributed by atoms with Crippen LogP contribution in [0.5, 0.6) is 0 Å². The van der Waals surface area contributed by atoms with Crippen LogP contribution in [0.1, 0.15) is 45.1 Å². The third-order valence-corrected chi connectivity index (χ3v) is 4.30. The van der Waals surface area contributed by atoms with E-state index in [1.54, 1.807) is 0 Å². The molecule has 1 saturated heterocycles. The van der Waals surface area contributed by atoms with E-state index in [-0.39, 0.29) is 12.0 Å². The Balaban J connectivity index is 2.16. The molecule has 0 aromatic heterocycles. The first-order valence-corrected chi connectivity index (χ1v) is 7.02. The van der Waals surface area contributed by atoms with Gasteiger partial charge in [0, 0.05) is 5.41 Å². The van der Waals surface area contributed by atoms with Gasteiger partial charge in [0.05, 0.1) is 18.8 Å². The molecule has 1 aliphatic heterocycles. The molecule has 2 nitrogen and oxygen atoms in total. The van der Waals surface area contributed by atoms with E-state index >= 15 is 0 Å². The quantitative estimate of drug-likeness (QED) is 0.866. The molecule has 2 rings (SSSR count). The zero-order valence-corrected chi connectivity index (χ0v) is 11.4. The Labute approximate surface area is 110 Å². The molecule has 2 heteroatoms. The maximum Gasteiger partial charge on any atom is 0.0589 e. The van der Waals surface area contributed by atoms with Crippen LogP contribution in [0.2, 0.25) is 0 Å². The van der Waals surface area contributed by atoms with Gasteiger partial charge >= 0.3 is 0 Å². The number of hydrogen-bond donors (Lipinski definition) is 1. The molecule has 1 aromatic carbocycles. The zero-order valence-electron chi connectivity index (χ0n) is 11.4. The number of hydrogen-bond acceptors (Lipinski definition) is 2. The van der Waals surface area contributed by atoms with E-state index in [4.69, 9.17) is 4.74 Å². The summed E-state index contributed by atoms with van der Waals surface area (Å²) in [6.45, 7) is 4.48. The minimum absolute atomic E-state index is 0.143. The van der Waals surface area contributed by atoms with Crippen LogP contribution in [0, 0.1) is 0 Å². The van der Waals surface area contributed by atoms with E-state index in [0.29, 0.717) is 12.2 Å². The first-order valence-electron chi connectivity index (χ1n) is 7.02. The van der Waals surface area contributed by atoms with Crippen LogP contribution in [0.15, 0.2) is 30.3 Å². The Morgan fingerprint density at radius 3 is 2.50 bits per heavy atom. The van der Waals surface area contributed by atoms with Crippen molar-refractivity contribution in [2.75, 3.05) is 6.61 Å². The van der Waals surface area contributed by atoms with Crippen molar-refractivity contribution >= 4 is 0 Å². The summed E-state index contributed by atoms with van der Waals surface area (Å²) in [6, 6.07) is 10.4. The van der Waals surface area contributed by atoms with Gasteiger partial charge in [0.25, 0.3) is 0 Å². The lowest BCUT2D eigenvalue weighted by molar-refractivity contribution is 0.0246. The van der Waals surface area contributed by atoms with Crippen LogP contribution in [0.25, 0.3) is 0 Å². The molecular weight excluding hydrogens is 224 g/mol. The molecule has 0 saturated carbocycles. The van der Waals surface area contributed by atoms with Gasteiger partial charge in [-0.25, -0.2) is 0 Å². The maximum atomic E-state index is 9.90. The zero-order chi connectivity index (χ0) is 13.0. The summed E-state index contributed by atoms with van der Waals surface area (Å²) in [4.78, 5) is 0. The fourth-order valence-electron chi connectivity index (χ4n) is 3.00. The van der Waals surface area contributed by atoms with E-state index in [1.807, 2.05) is 18.2 Å². The number of aliphatic hydroxyl groups excluding tert-OH is 1. The smallest absolute Gasteiger partial charge is 0.0589 e. The fraction of sp³-hybridized carbons (Fsp3) is 0.625. The number of benzene rings is 1. The van der Waals surface area contributed by atoms with Crippen molar-refractivity contribution in [2.24, 2.45) is 0 Å². The standard InChI is InChI=1S/C16H24O2/c1-3-16(12-17,14-7-5-4-6-8-14)11-15-10-9-13(2)18-15/h4-8,13,15,17H,3,9-12H2,1-2H3. The number of rotatable bonds is 5. The second kappa shape index (κ2) is 5.85. The van der Waals surface area contributed by atoms with Crippen LogP contribution in [0.3, 0.4) is 0 Å². The maximum absolute atomic E-state index is 9.90. The summed E-state index contributed by atoms with van der Waals surface area (Å²) < 4.78 is 5.93. The van der Waals surface area contributed by atoms with Gasteiger partial charge in [-0.2, -0.15) is 0 Å². The lowest BCUT2D eigenvalue weighted by Gasteiger charge is -2.33. The van der Waals surface area contributed by atoms with E-state index < -0.39 is 0 Å². The van der Waals surface area contributed by atoms with Gasteiger partial charge in [-0.05, 0) is 38.2 Å². The van der Waals surface area contributed by atoms with Gasteiger partial charge in [0.2, 0.25) is 0 Å². The summed E-state index contributed by atoms with van der Waals surface area (Å²) >= 11 is 0. The predicted molar refractivity (Wildman–Crippen MR) is 73.7 cm³/mol. The second-order valence-corrected chi connectivity index (χ2v) is 5.51. The Hall–Kier alpha value is -0.860. The molecule has 1 fully saturated rings. The highest BCUT2D eigenvalue weighted by atomic mass is 16.5. The Kier molecular flexibility index (Phi) is 4.41. The van der Waals surface area contributed by atoms with Crippen molar-refractivity contribution in [3.05, 3.63) is 35.9 Å². The van der Waals surface area contributed by atoms with Crippen molar-refractivity contribution in [1.82, 2.24) is 0 Å². The molecule has 1 N–H and O–H groups in total. The summed E-state index contributed by atoms with van der Waals surface area (Å²) in [5.74, 6) is 0. The highest BCUT2D eigenvalue weighted by molar-refractivity contribution is 5.25. The van der Waals surface area contributed by atoms with Crippen molar-refractivity contribution in [3.8, 4) is 0 Å². The fourth-order valence-corrected chi connectivity index (χ4v) is 3.00. The Morgan fingerprint density at radius 1 is 1.28 bits per heavy atom. The van der Waals surface area contributed by atoms with Gasteiger partial charge in [-0.1, -0.05) is 37.3 Å². The van der Waals surface area contributed by atoms with E-state index in [0.717, 1.165) is 25.7 Å². The molecule has 18 heavy (non-hydrogen) atoms. The predicted octanol–water partition coefficient (Wildman–Crippen LogP) is 3.28. The van der Waals surface area contributed by atoms with Crippen molar-refractivity contribution in [3.63, 3.8) is 0 Å². The minimum Gasteiger partial charge on any atom is -0.395 e. The Bertz CT molecular complexity index is 357. The molecule has 0 spiro atoms. The van der Waals surface area contributed by atoms with Crippen LogP contribution in [-0.2, 0) is 10.2 Å². The van der Waals surface area contributed by atoms with Crippen molar-refractivity contribution < 1.29 is 9.84 Å². The highest BCUT2D eigenvalue weighted by Crippen LogP contribution is 2.36. The van der Waals surface area contributed by atoms with Crippen molar-refractivity contribution in [2.45, 2.75) is 57.2 Å². The molecule has 3 unspecified atom stereocenters. The lowest BCUT2D eigenvalue weighted by atomic mass is 9.74.